The fraction of sp³-hybridized carbons (Fsp3) is 0.408. The van der Waals surface area contributed by atoms with Gasteiger partial charge in [0.25, 0.3) is 11.5 Å². The number of nitrogens with one attached hydrogen (secondary N) is 2. The first-order chi connectivity index (χ1) is 32.8. The van der Waals surface area contributed by atoms with Crippen LogP contribution in [0.1, 0.15) is 77.9 Å². The summed E-state index contributed by atoms with van der Waals surface area (Å²) < 4.78 is 65.2. The first kappa shape index (κ1) is 45.3. The molecule has 5 aromatic rings. The summed E-state index contributed by atoms with van der Waals surface area (Å²) in [5, 5.41) is 23.2. The average Bonchev–Trinajstić information content (AvgIpc) is 3.93. The van der Waals surface area contributed by atoms with Crippen molar-refractivity contribution in [3.8, 4) is 23.3 Å². The first-order valence-corrected chi connectivity index (χ1v) is 24.6. The van der Waals surface area contributed by atoms with E-state index in [0.717, 1.165) is 86.1 Å². The van der Waals surface area contributed by atoms with Gasteiger partial charge < -0.3 is 29.9 Å². The Morgan fingerprint density at radius 2 is 1.66 bits per heavy atom. The number of aliphatic hydroxyl groups excluding tert-OH is 1. The molecule has 6 heterocycles. The van der Waals surface area contributed by atoms with Gasteiger partial charge in [0.15, 0.2) is 11.6 Å². The summed E-state index contributed by atoms with van der Waals surface area (Å²) in [6.45, 7) is 5.00. The molecular weight excluding hydrogens is 897 g/mol. The summed E-state index contributed by atoms with van der Waals surface area (Å²) in [4.78, 5) is 49.9. The highest BCUT2D eigenvalue weighted by molar-refractivity contribution is 7.90. The van der Waals surface area contributed by atoms with Crippen LogP contribution >= 0.6 is 0 Å². The lowest BCUT2D eigenvalue weighted by Gasteiger charge is -2.38. The number of aliphatic hydroxyl groups is 1. The van der Waals surface area contributed by atoms with Gasteiger partial charge in [-0.3, -0.25) is 23.7 Å². The number of carbonyl (C=O) groups is 2. The summed E-state index contributed by atoms with van der Waals surface area (Å²) in [5.74, 6) is -0.728. The highest BCUT2D eigenvalue weighted by Crippen LogP contribution is 2.37. The summed E-state index contributed by atoms with van der Waals surface area (Å²) in [5.41, 5.74) is 3.88. The molecule has 19 heteroatoms. The molecule has 4 fully saturated rings. The van der Waals surface area contributed by atoms with Crippen molar-refractivity contribution in [2.75, 3.05) is 55.4 Å². The second-order valence-electron chi connectivity index (χ2n) is 18.5. The molecule has 5 aliphatic heterocycles. The molecule has 0 radical (unpaired) electrons. The Morgan fingerprint density at radius 1 is 0.897 bits per heavy atom. The molecule has 354 valence electrons. The molecule has 5 aliphatic rings. The number of carbonyl (C=O) groups excluding carboxylic acids is 2. The van der Waals surface area contributed by atoms with Crippen LogP contribution in [-0.4, -0.2) is 113 Å². The Labute approximate surface area is 391 Å². The fourth-order valence-corrected chi connectivity index (χ4v) is 11.7. The topological polar surface area (TPSA) is 193 Å². The summed E-state index contributed by atoms with van der Waals surface area (Å²) in [6, 6.07) is 21.8. The normalized spacial score (nSPS) is 22.1. The number of nitrogens with zero attached hydrogens (tertiary/aromatic N) is 7. The number of anilines is 2. The number of nitriles is 1. The number of ether oxygens (including phenoxy) is 1. The minimum absolute atomic E-state index is 0.0205. The molecule has 2 unspecified atom stereocenters. The lowest BCUT2D eigenvalue weighted by Crippen LogP contribution is -2.55. The second-order valence-corrected chi connectivity index (χ2v) is 20.1. The third-order valence-corrected chi connectivity index (χ3v) is 15.7. The van der Waals surface area contributed by atoms with Crippen LogP contribution in [0.4, 0.5) is 20.2 Å². The third-order valence-electron chi connectivity index (χ3n) is 14.2. The van der Waals surface area contributed by atoms with Crippen molar-refractivity contribution in [3.63, 3.8) is 0 Å². The molecule has 68 heavy (non-hydrogen) atoms. The van der Waals surface area contributed by atoms with E-state index in [1.54, 1.807) is 4.90 Å². The zero-order valence-corrected chi connectivity index (χ0v) is 38.0. The number of fused-ring (bicyclic) bond motifs is 2. The molecule has 1 aromatic heterocycles. The zero-order chi connectivity index (χ0) is 47.3. The van der Waals surface area contributed by atoms with Gasteiger partial charge in [-0.15, -0.1) is 0 Å². The smallest absolute Gasteiger partial charge is 0.301 e. The molecule has 2 amide bonds. The van der Waals surface area contributed by atoms with Crippen molar-refractivity contribution in [2.24, 2.45) is 5.92 Å². The summed E-state index contributed by atoms with van der Waals surface area (Å²) >= 11 is 0. The molecule has 3 N–H and O–H groups in total. The van der Waals surface area contributed by atoms with E-state index >= 15 is 4.39 Å². The van der Waals surface area contributed by atoms with E-state index in [9.17, 15) is 37.6 Å². The van der Waals surface area contributed by atoms with E-state index in [1.165, 1.54) is 34.7 Å². The molecule has 16 nitrogen and oxygen atoms in total. The molecule has 4 aromatic carbocycles. The molecule has 4 saturated heterocycles. The van der Waals surface area contributed by atoms with Crippen molar-refractivity contribution in [2.45, 2.75) is 75.8 Å². The van der Waals surface area contributed by atoms with E-state index in [-0.39, 0.29) is 48.1 Å². The second kappa shape index (κ2) is 18.6. The van der Waals surface area contributed by atoms with Gasteiger partial charge in [0.1, 0.15) is 36.1 Å². The number of amides is 2. The quantitative estimate of drug-likeness (QED) is 0.151. The molecule has 10 rings (SSSR count). The standard InChI is InChI=1S/C49H51F2N9O7S/c50-34-17-22-58(28-34)68(65,66)55-43-10-8-41(51)46(40(43)25-52)67-37-6-9-42-39(24-37)49(64)60(29-53-42)36-4-2-35(3-5-36)57-20-13-30(14-21-57)26-56-18-15-31(16-19-56)32-1-7-38-33(23-32)27-59(48(38)63)44-11-12-45(61)54-47(44)62/h1-10,23-24,29-31,34,44,47,55,62H,11-22,26-28H2,(H,54,61)/t34-,44?,47?/m1/s1. The number of hydrogen-bond donors (Lipinski definition) is 3. The van der Waals surface area contributed by atoms with Crippen LogP contribution in [0.2, 0.25) is 0 Å². The Balaban J connectivity index is 0.733. The van der Waals surface area contributed by atoms with Gasteiger partial charge in [-0.05, 0) is 135 Å². The van der Waals surface area contributed by atoms with Crippen molar-refractivity contribution < 1.29 is 36.6 Å². The Kier molecular flexibility index (Phi) is 12.4. The minimum atomic E-state index is -4.24. The number of aromatic nitrogens is 2. The van der Waals surface area contributed by atoms with Crippen LogP contribution in [0.3, 0.4) is 0 Å². The van der Waals surface area contributed by atoms with Crippen molar-refractivity contribution >= 4 is 44.3 Å². The van der Waals surface area contributed by atoms with Crippen molar-refractivity contribution in [1.82, 2.24) is 29.0 Å². The van der Waals surface area contributed by atoms with E-state index < -0.39 is 51.3 Å². The molecular formula is C49H51F2N9O7S. The van der Waals surface area contributed by atoms with Crippen LogP contribution in [0.25, 0.3) is 16.6 Å². The number of benzene rings is 4. The number of alkyl halides is 1. The molecule has 0 saturated carbocycles. The number of piperidine rings is 3. The van der Waals surface area contributed by atoms with E-state index in [2.05, 4.69) is 37.0 Å². The molecule has 0 aliphatic carbocycles. The first-order valence-electron chi connectivity index (χ1n) is 23.1. The van der Waals surface area contributed by atoms with Crippen LogP contribution in [0, 0.1) is 23.1 Å². The maximum Gasteiger partial charge on any atom is 0.301 e. The lowest BCUT2D eigenvalue weighted by atomic mass is 9.87. The van der Waals surface area contributed by atoms with Gasteiger partial charge in [-0.25, -0.2) is 13.8 Å². The van der Waals surface area contributed by atoms with Crippen molar-refractivity contribution in [1.29, 1.82) is 5.26 Å². The molecule has 0 bridgehead atoms. The highest BCUT2D eigenvalue weighted by Gasteiger charge is 2.39. The Bertz CT molecular complexity index is 2990. The van der Waals surface area contributed by atoms with Crippen LogP contribution in [-0.2, 0) is 21.5 Å². The third kappa shape index (κ3) is 9.00. The minimum Gasteiger partial charge on any atom is -0.453 e. The summed E-state index contributed by atoms with van der Waals surface area (Å²) in [6.07, 6.45) is 4.10. The maximum absolute atomic E-state index is 15.2. The van der Waals surface area contributed by atoms with Crippen LogP contribution in [0.5, 0.6) is 11.5 Å². The average molecular weight is 948 g/mol. The molecule has 0 spiro atoms. The SMILES string of the molecule is N#Cc1c(NS(=O)(=O)N2CC[C@@H](F)C2)ccc(F)c1Oc1ccc2ncn(-c3ccc(N4CCC(CN5CCC(c6ccc7c(c6)CN(C6CCC(=O)NC6O)C7=O)CC5)CC4)cc3)c(=O)c2c1. The number of halogens is 2. The predicted octanol–water partition coefficient (Wildman–Crippen LogP) is 5.54. The number of likely N-dealkylation sites (tertiary alicyclic amines) is 1. The zero-order valence-electron chi connectivity index (χ0n) is 37.2. The predicted molar refractivity (Wildman–Crippen MR) is 249 cm³/mol. The van der Waals surface area contributed by atoms with Gasteiger partial charge in [0, 0.05) is 56.9 Å². The van der Waals surface area contributed by atoms with Gasteiger partial charge in [-0.1, -0.05) is 12.1 Å². The monoisotopic (exact) mass is 947 g/mol. The van der Waals surface area contributed by atoms with E-state index in [1.807, 2.05) is 36.4 Å². The van der Waals surface area contributed by atoms with Gasteiger partial charge in [0.05, 0.1) is 28.3 Å². The number of rotatable bonds is 11. The van der Waals surface area contributed by atoms with Gasteiger partial charge >= 0.3 is 10.2 Å². The highest BCUT2D eigenvalue weighted by atomic mass is 32.2. The lowest BCUT2D eigenvalue weighted by molar-refractivity contribution is -0.129. The van der Waals surface area contributed by atoms with Crippen LogP contribution < -0.4 is 25.2 Å². The van der Waals surface area contributed by atoms with Crippen molar-refractivity contribution in [3.05, 3.63) is 118 Å². The van der Waals surface area contributed by atoms with Gasteiger partial charge in [-0.2, -0.15) is 18.0 Å². The Morgan fingerprint density at radius 3 is 2.38 bits per heavy atom. The van der Waals surface area contributed by atoms with Crippen LogP contribution in [0.15, 0.2) is 83.9 Å². The van der Waals surface area contributed by atoms with E-state index in [0.29, 0.717) is 48.0 Å². The maximum atomic E-state index is 15.2. The number of hydrogen-bond acceptors (Lipinski definition) is 11. The largest absolute Gasteiger partial charge is 0.453 e. The van der Waals surface area contributed by atoms with E-state index in [4.69, 9.17) is 4.74 Å². The summed E-state index contributed by atoms with van der Waals surface area (Å²) in [7, 11) is -4.24. The van der Waals surface area contributed by atoms with Gasteiger partial charge in [0.2, 0.25) is 5.91 Å². The molecule has 3 atom stereocenters. The fourth-order valence-electron chi connectivity index (χ4n) is 10.4. The Hall–Kier alpha value is -6.46.